The molecule has 0 aliphatic heterocycles. The van der Waals surface area contributed by atoms with Crippen molar-refractivity contribution in [3.05, 3.63) is 70.3 Å². The highest BCUT2D eigenvalue weighted by atomic mass is 16.1. The van der Waals surface area contributed by atoms with Crippen LogP contribution in [0.1, 0.15) is 39.0 Å². The molecule has 0 aliphatic carbocycles. The molecule has 0 amide bonds. The summed E-state index contributed by atoms with van der Waals surface area (Å²) in [4.78, 5) is 12.3. The van der Waals surface area contributed by atoms with Gasteiger partial charge in [0.1, 0.15) is 0 Å². The van der Waals surface area contributed by atoms with E-state index in [0.717, 1.165) is 23.1 Å². The number of aryl methyl sites for hydroxylation is 4. The molecule has 0 aromatic heterocycles. The summed E-state index contributed by atoms with van der Waals surface area (Å²) in [7, 11) is 0. The molecule has 98 valence electrons. The van der Waals surface area contributed by atoms with Crippen LogP contribution >= 0.6 is 0 Å². The van der Waals surface area contributed by atoms with E-state index in [1.807, 2.05) is 32.0 Å². The molecule has 1 heteroatoms. The van der Waals surface area contributed by atoms with Crippen molar-refractivity contribution >= 4 is 5.78 Å². The summed E-state index contributed by atoms with van der Waals surface area (Å²) in [5.41, 5.74) is 5.56. The molecular weight excluding hydrogens is 232 g/mol. The zero-order valence-electron chi connectivity index (χ0n) is 11.9. The smallest absolute Gasteiger partial charge is 0.163 e. The Morgan fingerprint density at radius 3 is 2.21 bits per heavy atom. The topological polar surface area (TPSA) is 17.1 Å². The number of benzene rings is 2. The van der Waals surface area contributed by atoms with E-state index in [9.17, 15) is 4.79 Å². The molecule has 0 aliphatic rings. The Morgan fingerprint density at radius 2 is 1.53 bits per heavy atom. The Kier molecular flexibility index (Phi) is 4.16. The van der Waals surface area contributed by atoms with Gasteiger partial charge in [-0.2, -0.15) is 0 Å². The maximum Gasteiger partial charge on any atom is 0.163 e. The number of ketones is 1. The average Bonchev–Trinajstić information content (AvgIpc) is 2.40. The Hall–Kier alpha value is -1.89. The lowest BCUT2D eigenvalue weighted by Crippen LogP contribution is -2.04. The van der Waals surface area contributed by atoms with E-state index in [4.69, 9.17) is 0 Å². The normalized spacial score (nSPS) is 10.5. The first kappa shape index (κ1) is 13.5. The van der Waals surface area contributed by atoms with Gasteiger partial charge in [-0.1, -0.05) is 47.5 Å². The first-order valence-corrected chi connectivity index (χ1v) is 6.72. The van der Waals surface area contributed by atoms with Gasteiger partial charge in [0, 0.05) is 12.0 Å². The summed E-state index contributed by atoms with van der Waals surface area (Å²) in [5.74, 6) is 0.238. The Labute approximate surface area is 115 Å². The molecule has 0 radical (unpaired) electrons. The van der Waals surface area contributed by atoms with Crippen molar-refractivity contribution in [3.8, 4) is 0 Å². The number of hydrogen-bond acceptors (Lipinski definition) is 1. The molecule has 0 bridgehead atoms. The van der Waals surface area contributed by atoms with Crippen molar-refractivity contribution in [1.29, 1.82) is 0 Å². The maximum atomic E-state index is 12.3. The zero-order chi connectivity index (χ0) is 13.8. The molecule has 0 saturated heterocycles. The highest BCUT2D eigenvalue weighted by molar-refractivity contribution is 5.97. The van der Waals surface area contributed by atoms with Crippen LogP contribution in [0.4, 0.5) is 0 Å². The molecule has 0 spiro atoms. The molecule has 0 heterocycles. The van der Waals surface area contributed by atoms with Gasteiger partial charge >= 0.3 is 0 Å². The van der Waals surface area contributed by atoms with Crippen molar-refractivity contribution < 1.29 is 4.79 Å². The third-order valence-corrected chi connectivity index (χ3v) is 3.45. The van der Waals surface area contributed by atoms with Crippen LogP contribution in [0, 0.1) is 20.8 Å². The molecule has 0 atom stereocenters. The molecule has 1 nitrogen and oxygen atoms in total. The van der Waals surface area contributed by atoms with Gasteiger partial charge in [-0.05, 0) is 44.4 Å². The van der Waals surface area contributed by atoms with Gasteiger partial charge in [0.25, 0.3) is 0 Å². The fourth-order valence-electron chi connectivity index (χ4n) is 2.18. The van der Waals surface area contributed by atoms with Crippen LogP contribution in [0.25, 0.3) is 0 Å². The third kappa shape index (κ3) is 3.54. The first-order chi connectivity index (χ1) is 9.06. The fraction of sp³-hybridized carbons (Fsp3) is 0.278. The van der Waals surface area contributed by atoms with Crippen molar-refractivity contribution in [1.82, 2.24) is 0 Å². The Bertz CT molecular complexity index is 579. The minimum Gasteiger partial charge on any atom is -0.294 e. The minimum atomic E-state index is 0.238. The van der Waals surface area contributed by atoms with Crippen LogP contribution in [-0.2, 0) is 6.42 Å². The second-order valence-electron chi connectivity index (χ2n) is 5.23. The number of hydrogen-bond donors (Lipinski definition) is 0. The summed E-state index contributed by atoms with van der Waals surface area (Å²) in [5, 5.41) is 0. The van der Waals surface area contributed by atoms with Crippen molar-refractivity contribution in [3.63, 3.8) is 0 Å². The van der Waals surface area contributed by atoms with Gasteiger partial charge < -0.3 is 0 Å². The summed E-state index contributed by atoms with van der Waals surface area (Å²) in [6, 6.07) is 14.5. The summed E-state index contributed by atoms with van der Waals surface area (Å²) in [6.45, 7) is 6.10. The van der Waals surface area contributed by atoms with Crippen molar-refractivity contribution in [2.24, 2.45) is 0 Å². The van der Waals surface area contributed by atoms with E-state index in [-0.39, 0.29) is 5.78 Å². The standard InChI is InChI=1S/C18H20O/c1-13-5-8-16(9-6-13)10-11-18(19)17-12-14(2)4-7-15(17)3/h4-9,12H,10-11H2,1-3H3. The van der Waals surface area contributed by atoms with Gasteiger partial charge in [0.2, 0.25) is 0 Å². The molecule has 2 aromatic rings. The SMILES string of the molecule is Cc1ccc(CCC(=O)c2cc(C)ccc2C)cc1. The van der Waals surface area contributed by atoms with Crippen LogP contribution < -0.4 is 0 Å². The maximum absolute atomic E-state index is 12.3. The van der Waals surface area contributed by atoms with Crippen LogP contribution in [0.2, 0.25) is 0 Å². The highest BCUT2D eigenvalue weighted by Gasteiger charge is 2.09. The van der Waals surface area contributed by atoms with Crippen molar-refractivity contribution in [2.75, 3.05) is 0 Å². The third-order valence-electron chi connectivity index (χ3n) is 3.45. The van der Waals surface area contributed by atoms with E-state index in [1.165, 1.54) is 11.1 Å². The molecule has 0 N–H and O–H groups in total. The number of rotatable bonds is 4. The van der Waals surface area contributed by atoms with E-state index in [2.05, 4.69) is 31.2 Å². The summed E-state index contributed by atoms with van der Waals surface area (Å²) in [6.07, 6.45) is 1.39. The minimum absolute atomic E-state index is 0.238. The monoisotopic (exact) mass is 252 g/mol. The quantitative estimate of drug-likeness (QED) is 0.736. The Balaban J connectivity index is 2.05. The zero-order valence-corrected chi connectivity index (χ0v) is 11.9. The predicted octanol–water partition coefficient (Wildman–Crippen LogP) is 4.43. The number of carbonyl (C=O) groups is 1. The average molecular weight is 252 g/mol. The second kappa shape index (κ2) is 5.83. The highest BCUT2D eigenvalue weighted by Crippen LogP contribution is 2.15. The molecule has 0 unspecified atom stereocenters. The first-order valence-electron chi connectivity index (χ1n) is 6.72. The summed E-state index contributed by atoms with van der Waals surface area (Å²) < 4.78 is 0. The number of carbonyl (C=O) groups excluding carboxylic acids is 1. The molecule has 2 rings (SSSR count). The van der Waals surface area contributed by atoms with E-state index in [1.54, 1.807) is 0 Å². The van der Waals surface area contributed by atoms with Crippen LogP contribution in [0.15, 0.2) is 42.5 Å². The van der Waals surface area contributed by atoms with Gasteiger partial charge in [-0.15, -0.1) is 0 Å². The fourth-order valence-corrected chi connectivity index (χ4v) is 2.18. The van der Waals surface area contributed by atoms with E-state index >= 15 is 0 Å². The lowest BCUT2D eigenvalue weighted by atomic mass is 9.97. The molecule has 2 aromatic carbocycles. The van der Waals surface area contributed by atoms with Crippen molar-refractivity contribution in [2.45, 2.75) is 33.6 Å². The Morgan fingerprint density at radius 1 is 0.895 bits per heavy atom. The summed E-state index contributed by atoms with van der Waals surface area (Å²) >= 11 is 0. The van der Waals surface area contributed by atoms with Crippen LogP contribution in [-0.4, -0.2) is 5.78 Å². The molecular formula is C18H20O. The van der Waals surface area contributed by atoms with Gasteiger partial charge in [0.15, 0.2) is 5.78 Å². The lowest BCUT2D eigenvalue weighted by molar-refractivity contribution is 0.0982. The van der Waals surface area contributed by atoms with E-state index < -0.39 is 0 Å². The van der Waals surface area contributed by atoms with Gasteiger partial charge in [0.05, 0.1) is 0 Å². The second-order valence-corrected chi connectivity index (χ2v) is 5.23. The van der Waals surface area contributed by atoms with Crippen LogP contribution in [0.5, 0.6) is 0 Å². The van der Waals surface area contributed by atoms with E-state index in [0.29, 0.717) is 6.42 Å². The lowest BCUT2D eigenvalue weighted by Gasteiger charge is -2.06. The number of Topliss-reactive ketones (excluding diaryl/α,β-unsaturated/α-hetero) is 1. The van der Waals surface area contributed by atoms with Gasteiger partial charge in [-0.25, -0.2) is 0 Å². The van der Waals surface area contributed by atoms with Crippen LogP contribution in [0.3, 0.4) is 0 Å². The largest absolute Gasteiger partial charge is 0.294 e. The molecule has 0 saturated carbocycles. The molecule has 19 heavy (non-hydrogen) atoms. The predicted molar refractivity (Wildman–Crippen MR) is 79.7 cm³/mol. The molecule has 0 fully saturated rings. The van der Waals surface area contributed by atoms with Gasteiger partial charge in [-0.3, -0.25) is 4.79 Å².